The van der Waals surface area contributed by atoms with Gasteiger partial charge in [-0.3, -0.25) is 9.13 Å². The van der Waals surface area contributed by atoms with E-state index in [9.17, 15) is 6.85 Å². The van der Waals surface area contributed by atoms with Crippen LogP contribution in [0.4, 0.5) is 0 Å². The zero-order chi connectivity index (χ0) is 53.5. The zero-order valence-corrected chi connectivity index (χ0v) is 25.6. The number of nitrogens with zero attached hydrogens (tertiary/aromatic N) is 6. The van der Waals surface area contributed by atoms with Gasteiger partial charge in [-0.15, -0.1) is 0 Å². The molecule has 51 heavy (non-hydrogen) atoms. The SMILES string of the molecule is [2H]c1cc2c(c([2H])c1[2H])c1c([2H])c([2H])c([2H])c([2H])c1n2-c1ccccc1-c1nc(-n2c3c([2H])c([2H])c([2H])c([2H])c3c3c([2H])c([2H])c([2H])c([2H])c32)nc(-n2c3c([2H])c([2H])c([2H])c([2H])c3c3c([2H])c([2H])c([2H])c([2H])c32)n1. The summed E-state index contributed by atoms with van der Waals surface area (Å²) >= 11 is 0. The van der Waals surface area contributed by atoms with Gasteiger partial charge in [-0.05, 0) is 48.4 Å². The van der Waals surface area contributed by atoms with E-state index in [0.717, 1.165) is 9.13 Å². The maximum atomic E-state index is 9.23. The van der Waals surface area contributed by atoms with Crippen molar-refractivity contribution in [3.8, 4) is 29.0 Å². The molecule has 6 heteroatoms. The highest BCUT2D eigenvalue weighted by molar-refractivity contribution is 6.11. The number of benzene rings is 7. The smallest absolute Gasteiger partial charge is 0.240 e. The summed E-state index contributed by atoms with van der Waals surface area (Å²) in [5.74, 6) is -1.80. The minimum absolute atomic E-state index is 0.0192. The summed E-state index contributed by atoms with van der Waals surface area (Å²) in [5, 5.41) is -1.83. The largest absolute Gasteiger partial charge is 0.309 e. The highest BCUT2D eigenvalue weighted by Gasteiger charge is 2.22. The normalized spacial score (nSPS) is 18.2. The first-order valence-electron chi connectivity index (χ1n) is 26.8. The molecule has 0 saturated carbocycles. The zero-order valence-electron chi connectivity index (χ0n) is 48.6. The fourth-order valence-corrected chi connectivity index (χ4v) is 6.51. The van der Waals surface area contributed by atoms with Gasteiger partial charge >= 0.3 is 0 Å². The lowest BCUT2D eigenvalue weighted by Crippen LogP contribution is -2.11. The first-order valence-corrected chi connectivity index (χ1v) is 15.3. The molecular formula is C45H28N6. The molecule has 0 aliphatic rings. The highest BCUT2D eigenvalue weighted by atomic mass is 15.3. The lowest BCUT2D eigenvalue weighted by molar-refractivity contribution is 0.892. The molecule has 0 aliphatic heterocycles. The second kappa shape index (κ2) is 10.7. The van der Waals surface area contributed by atoms with Gasteiger partial charge in [0.05, 0.1) is 70.3 Å². The minimum atomic E-state index is -0.801. The summed E-state index contributed by atoms with van der Waals surface area (Å²) in [4.78, 5) is 14.3. The third-order valence-corrected chi connectivity index (χ3v) is 8.57. The van der Waals surface area contributed by atoms with E-state index in [4.69, 9.17) is 39.6 Å². The summed E-state index contributed by atoms with van der Waals surface area (Å²) in [6, 6.07) is -9.08. The van der Waals surface area contributed by atoms with E-state index in [1.807, 2.05) is 0 Å². The van der Waals surface area contributed by atoms with Crippen molar-refractivity contribution < 1.29 is 31.5 Å². The predicted molar refractivity (Wildman–Crippen MR) is 208 cm³/mol. The third-order valence-electron chi connectivity index (χ3n) is 8.57. The Hall–Kier alpha value is -7.05. The average Bonchev–Trinajstić information content (AvgIpc) is 4.06. The van der Waals surface area contributed by atoms with E-state index in [1.165, 1.54) is 34.9 Å². The van der Waals surface area contributed by atoms with Crippen LogP contribution >= 0.6 is 0 Å². The number of fused-ring (bicyclic) bond motifs is 9. The van der Waals surface area contributed by atoms with Gasteiger partial charge < -0.3 is 4.57 Å². The van der Waals surface area contributed by atoms with Crippen LogP contribution in [0, 0.1) is 0 Å². The van der Waals surface area contributed by atoms with Gasteiger partial charge in [-0.1, -0.05) is 121 Å². The van der Waals surface area contributed by atoms with E-state index < -0.39 is 179 Å². The second-order valence-electron chi connectivity index (χ2n) is 11.2. The molecule has 0 bridgehead atoms. The number of hydrogen-bond acceptors (Lipinski definition) is 3. The van der Waals surface area contributed by atoms with Gasteiger partial charge in [0.15, 0.2) is 5.82 Å². The Kier molecular flexibility index (Phi) is 2.88. The minimum Gasteiger partial charge on any atom is -0.309 e. The third kappa shape index (κ3) is 4.01. The molecule has 0 spiro atoms. The topological polar surface area (TPSA) is 53.5 Å². The highest BCUT2D eigenvalue weighted by Crippen LogP contribution is 2.37. The maximum Gasteiger partial charge on any atom is 0.240 e. The van der Waals surface area contributed by atoms with Crippen LogP contribution in [0.2, 0.25) is 0 Å². The molecule has 11 rings (SSSR count). The fourth-order valence-electron chi connectivity index (χ4n) is 6.51. The first-order chi connectivity index (χ1) is 34.9. The Labute approximate surface area is 324 Å². The van der Waals surface area contributed by atoms with Crippen LogP contribution in [0.5, 0.6) is 0 Å². The summed E-state index contributed by atoms with van der Waals surface area (Å²) in [6.45, 7) is 0. The van der Waals surface area contributed by atoms with Gasteiger partial charge in [0.25, 0.3) is 0 Å². The Bertz CT molecular complexity index is 4150. The molecule has 238 valence electrons. The van der Waals surface area contributed by atoms with Gasteiger partial charge in [0, 0.05) is 37.9 Å². The Morgan fingerprint density at radius 3 is 1.20 bits per heavy atom. The van der Waals surface area contributed by atoms with Crippen molar-refractivity contribution in [1.29, 1.82) is 0 Å². The lowest BCUT2D eigenvalue weighted by Gasteiger charge is -2.16. The van der Waals surface area contributed by atoms with Crippen LogP contribution in [-0.2, 0) is 0 Å². The molecule has 11 aromatic rings. The van der Waals surface area contributed by atoms with E-state index in [0.29, 0.717) is 0 Å². The maximum absolute atomic E-state index is 9.23. The monoisotopic (exact) mass is 675 g/mol. The number of aromatic nitrogens is 6. The lowest BCUT2D eigenvalue weighted by atomic mass is 10.1. The molecule has 0 aliphatic carbocycles. The van der Waals surface area contributed by atoms with Crippen LogP contribution in [-0.4, -0.2) is 28.7 Å². The van der Waals surface area contributed by atoms with Crippen LogP contribution < -0.4 is 0 Å². The first kappa shape index (κ1) is 13.7. The van der Waals surface area contributed by atoms with Crippen LogP contribution in [0.25, 0.3) is 94.4 Å². The number of para-hydroxylation sites is 7. The van der Waals surface area contributed by atoms with Gasteiger partial charge in [-0.2, -0.15) is 15.0 Å². The van der Waals surface area contributed by atoms with Crippen molar-refractivity contribution >= 4 is 65.4 Å². The quantitative estimate of drug-likeness (QED) is 0.187. The van der Waals surface area contributed by atoms with Crippen molar-refractivity contribution in [2.45, 2.75) is 0 Å². The molecule has 0 radical (unpaired) electrons. The Balaban J connectivity index is 1.40. The summed E-state index contributed by atoms with van der Waals surface area (Å²) < 4.78 is 207. The molecule has 7 aromatic carbocycles. The van der Waals surface area contributed by atoms with Crippen molar-refractivity contribution in [1.82, 2.24) is 28.7 Å². The van der Waals surface area contributed by atoms with Gasteiger partial charge in [-0.25, -0.2) is 0 Å². The summed E-state index contributed by atoms with van der Waals surface area (Å²) in [6.07, 6.45) is 0. The fraction of sp³-hybridized carbons (Fsp3) is 0. The molecule has 0 unspecified atom stereocenters. The van der Waals surface area contributed by atoms with Gasteiger partial charge in [0.1, 0.15) is 0 Å². The van der Waals surface area contributed by atoms with Crippen molar-refractivity contribution in [2.24, 2.45) is 0 Å². The summed E-state index contributed by atoms with van der Waals surface area (Å²) in [7, 11) is 0. The Morgan fingerprint density at radius 2 is 0.725 bits per heavy atom. The Morgan fingerprint density at radius 1 is 0.353 bits per heavy atom. The standard InChI is InChI=1S/C45H28N6/c1-8-22-36-29(15-1)30-16-2-9-23-37(30)49(36)42-28-14-7-21-35(42)43-46-44(50-38-24-10-3-17-31(38)32-18-4-11-25-39(32)50)48-45(47-43)51-40-26-12-5-19-33(40)34-20-6-13-27-41(34)51/h1-28H/i1D,2D,3D,4D,5D,6D,8D,9D,10D,11D,12D,13D,15D,16D,17D,18D,19D,20D,22D,24D,25D,26D,27D. The molecular weight excluding hydrogens is 625 g/mol. The number of hydrogen-bond donors (Lipinski definition) is 0. The molecule has 6 nitrogen and oxygen atoms in total. The molecule has 4 aromatic heterocycles. The van der Waals surface area contributed by atoms with Crippen LogP contribution in [0.1, 0.15) is 31.5 Å². The molecule has 0 N–H and O–H groups in total. The molecule has 4 heterocycles. The molecule has 0 atom stereocenters. The predicted octanol–water partition coefficient (Wildman–Crippen LogP) is 10.8. The van der Waals surface area contributed by atoms with Gasteiger partial charge in [0.2, 0.25) is 11.9 Å². The molecule has 0 saturated heterocycles. The van der Waals surface area contributed by atoms with E-state index in [2.05, 4.69) is 0 Å². The van der Waals surface area contributed by atoms with Crippen LogP contribution in [0.3, 0.4) is 0 Å². The van der Waals surface area contributed by atoms with Crippen molar-refractivity contribution in [2.75, 3.05) is 0 Å². The van der Waals surface area contributed by atoms with Crippen LogP contribution in [0.15, 0.2) is 169 Å². The van der Waals surface area contributed by atoms with E-state index >= 15 is 0 Å². The van der Waals surface area contributed by atoms with E-state index in [-0.39, 0.29) is 54.6 Å². The second-order valence-corrected chi connectivity index (χ2v) is 11.2. The average molecular weight is 676 g/mol. The summed E-state index contributed by atoms with van der Waals surface area (Å²) in [5.41, 5.74) is -2.20. The van der Waals surface area contributed by atoms with Crippen molar-refractivity contribution in [3.05, 3.63) is 169 Å². The molecule has 0 amide bonds. The van der Waals surface area contributed by atoms with E-state index in [1.54, 1.807) is 0 Å². The molecule has 0 fully saturated rings. The van der Waals surface area contributed by atoms with Crippen molar-refractivity contribution in [3.63, 3.8) is 0 Å². The number of rotatable bonds is 4.